The number of amides is 1. The first-order chi connectivity index (χ1) is 13.6. The number of carbonyl (C=O) groups is 1. The molecule has 28 heavy (non-hydrogen) atoms. The fourth-order valence-electron chi connectivity index (χ4n) is 4.00. The maximum Gasteiger partial charge on any atom is 0.260 e. The summed E-state index contributed by atoms with van der Waals surface area (Å²) < 4.78 is 7.96. The first-order valence-corrected chi connectivity index (χ1v) is 10.5. The summed E-state index contributed by atoms with van der Waals surface area (Å²) in [4.78, 5) is 14.7. The first kappa shape index (κ1) is 19.0. The number of hydrogen-bond donors (Lipinski definition) is 0. The number of hydrogen-bond acceptors (Lipinski definition) is 4. The summed E-state index contributed by atoms with van der Waals surface area (Å²) >= 11 is 0. The third-order valence-electron chi connectivity index (χ3n) is 6.09. The minimum Gasteiger partial charge on any atom is -0.484 e. The van der Waals surface area contributed by atoms with E-state index in [9.17, 15) is 4.79 Å². The molecule has 6 nitrogen and oxygen atoms in total. The zero-order valence-electron chi connectivity index (χ0n) is 16.9. The largest absolute Gasteiger partial charge is 0.484 e. The second-order valence-electron chi connectivity index (χ2n) is 8.30. The van der Waals surface area contributed by atoms with E-state index in [0.717, 1.165) is 56.3 Å². The Hall–Kier alpha value is -2.37. The molecule has 1 unspecified atom stereocenters. The lowest BCUT2D eigenvalue weighted by atomic mass is 10.1. The van der Waals surface area contributed by atoms with Crippen LogP contribution in [-0.2, 0) is 17.8 Å². The highest BCUT2D eigenvalue weighted by Gasteiger charge is 2.29. The molecule has 2 heterocycles. The van der Waals surface area contributed by atoms with Gasteiger partial charge in [0.05, 0.1) is 0 Å². The number of nitrogens with zero attached hydrogens (tertiary/aromatic N) is 4. The quantitative estimate of drug-likeness (QED) is 0.703. The van der Waals surface area contributed by atoms with Crippen molar-refractivity contribution in [2.45, 2.75) is 65.0 Å². The molecule has 1 aromatic heterocycles. The van der Waals surface area contributed by atoms with Gasteiger partial charge in [0.2, 0.25) is 0 Å². The summed E-state index contributed by atoms with van der Waals surface area (Å²) in [6, 6.07) is 6.24. The topological polar surface area (TPSA) is 60.2 Å². The Morgan fingerprint density at radius 1 is 1.21 bits per heavy atom. The minimum absolute atomic E-state index is 0.0835. The van der Waals surface area contributed by atoms with E-state index >= 15 is 0 Å². The standard InChI is InChI=1S/C22H30N4O2/c1-16-5-9-20(12-17(16)2)28-14-22(27)26-11-3-4-19(26)8-10-21-24-23-15-25(21)13-18-6-7-18/h5,9,12,15,18-19H,3-4,6-8,10-11,13-14H2,1-2H3. The van der Waals surface area contributed by atoms with Crippen molar-refractivity contribution >= 4 is 5.91 Å². The van der Waals surface area contributed by atoms with Crippen molar-refractivity contribution in [2.24, 2.45) is 5.92 Å². The van der Waals surface area contributed by atoms with Crippen molar-refractivity contribution in [3.05, 3.63) is 41.5 Å². The van der Waals surface area contributed by atoms with Crippen molar-refractivity contribution in [3.63, 3.8) is 0 Å². The van der Waals surface area contributed by atoms with Gasteiger partial charge < -0.3 is 14.2 Å². The van der Waals surface area contributed by atoms with Crippen LogP contribution >= 0.6 is 0 Å². The van der Waals surface area contributed by atoms with Crippen LogP contribution in [0.15, 0.2) is 24.5 Å². The van der Waals surface area contributed by atoms with E-state index in [1.54, 1.807) is 0 Å². The van der Waals surface area contributed by atoms with Gasteiger partial charge in [0.15, 0.2) is 6.61 Å². The number of carbonyl (C=O) groups excluding carboxylic acids is 1. The van der Waals surface area contributed by atoms with E-state index in [1.807, 2.05) is 29.4 Å². The predicted octanol–water partition coefficient (Wildman–Crippen LogP) is 3.31. The maximum atomic E-state index is 12.7. The third-order valence-corrected chi connectivity index (χ3v) is 6.09. The zero-order chi connectivity index (χ0) is 19.5. The van der Waals surface area contributed by atoms with Gasteiger partial charge in [0, 0.05) is 25.6 Å². The lowest BCUT2D eigenvalue weighted by molar-refractivity contribution is -0.134. The Kier molecular flexibility index (Phi) is 5.64. The SMILES string of the molecule is Cc1ccc(OCC(=O)N2CCCC2CCc2nncn2CC2CC2)cc1C. The molecule has 150 valence electrons. The normalized spacial score (nSPS) is 19.2. The summed E-state index contributed by atoms with van der Waals surface area (Å²) in [6.07, 6.45) is 8.44. The summed E-state index contributed by atoms with van der Waals surface area (Å²) in [5, 5.41) is 8.39. The molecule has 0 radical (unpaired) electrons. The Morgan fingerprint density at radius 2 is 2.07 bits per heavy atom. The number of aryl methyl sites for hydroxylation is 3. The minimum atomic E-state index is 0.0835. The van der Waals surface area contributed by atoms with Crippen LogP contribution in [0.4, 0.5) is 0 Å². The number of likely N-dealkylation sites (tertiary alicyclic amines) is 1. The molecule has 1 saturated carbocycles. The van der Waals surface area contributed by atoms with Gasteiger partial charge in [-0.15, -0.1) is 10.2 Å². The van der Waals surface area contributed by atoms with Gasteiger partial charge in [-0.3, -0.25) is 4.79 Å². The fraction of sp³-hybridized carbons (Fsp3) is 0.591. The van der Waals surface area contributed by atoms with Crippen LogP contribution in [0.25, 0.3) is 0 Å². The van der Waals surface area contributed by atoms with Crippen LogP contribution in [0.1, 0.15) is 49.1 Å². The van der Waals surface area contributed by atoms with E-state index in [2.05, 4.69) is 28.6 Å². The summed E-state index contributed by atoms with van der Waals surface area (Å²) in [5.41, 5.74) is 2.41. The molecule has 0 spiro atoms. The van der Waals surface area contributed by atoms with E-state index in [0.29, 0.717) is 0 Å². The summed E-state index contributed by atoms with van der Waals surface area (Å²) in [5.74, 6) is 2.71. The molecular weight excluding hydrogens is 352 g/mol. The smallest absolute Gasteiger partial charge is 0.260 e. The van der Waals surface area contributed by atoms with Crippen LogP contribution < -0.4 is 4.74 Å². The molecule has 1 aromatic carbocycles. The van der Waals surface area contributed by atoms with Gasteiger partial charge in [0.1, 0.15) is 17.9 Å². The molecule has 1 aliphatic heterocycles. The summed E-state index contributed by atoms with van der Waals surface area (Å²) in [7, 11) is 0. The van der Waals surface area contributed by atoms with Crippen molar-refractivity contribution in [3.8, 4) is 5.75 Å². The third kappa shape index (κ3) is 4.54. The van der Waals surface area contributed by atoms with Crippen molar-refractivity contribution in [1.82, 2.24) is 19.7 Å². The van der Waals surface area contributed by atoms with Gasteiger partial charge in [-0.2, -0.15) is 0 Å². The lowest BCUT2D eigenvalue weighted by Crippen LogP contribution is -2.39. The molecule has 0 bridgehead atoms. The molecule has 2 aromatic rings. The van der Waals surface area contributed by atoms with E-state index in [-0.39, 0.29) is 18.6 Å². The van der Waals surface area contributed by atoms with Gasteiger partial charge in [0.25, 0.3) is 5.91 Å². The molecule has 0 N–H and O–H groups in total. The Morgan fingerprint density at radius 3 is 2.86 bits per heavy atom. The molecule has 1 amide bonds. The highest BCUT2D eigenvalue weighted by Crippen LogP contribution is 2.31. The average molecular weight is 383 g/mol. The van der Waals surface area contributed by atoms with Gasteiger partial charge in [-0.25, -0.2) is 0 Å². The molecule has 4 rings (SSSR count). The second-order valence-corrected chi connectivity index (χ2v) is 8.30. The highest BCUT2D eigenvalue weighted by molar-refractivity contribution is 5.78. The number of rotatable bonds is 8. The van der Waals surface area contributed by atoms with E-state index in [4.69, 9.17) is 4.74 Å². The summed E-state index contributed by atoms with van der Waals surface area (Å²) in [6.45, 7) is 6.11. The Balaban J connectivity index is 1.29. The maximum absolute atomic E-state index is 12.7. The van der Waals surface area contributed by atoms with Crippen molar-refractivity contribution in [2.75, 3.05) is 13.2 Å². The molecular formula is C22H30N4O2. The molecule has 6 heteroatoms. The average Bonchev–Trinajstić information content (AvgIpc) is 3.19. The number of benzene rings is 1. The molecule has 1 saturated heterocycles. The molecule has 2 aliphatic rings. The van der Waals surface area contributed by atoms with E-state index < -0.39 is 0 Å². The van der Waals surface area contributed by atoms with Crippen molar-refractivity contribution in [1.29, 1.82) is 0 Å². The first-order valence-electron chi connectivity index (χ1n) is 10.5. The Bertz CT molecular complexity index is 828. The van der Waals surface area contributed by atoms with Gasteiger partial charge >= 0.3 is 0 Å². The van der Waals surface area contributed by atoms with Crippen LogP contribution in [0, 0.1) is 19.8 Å². The van der Waals surface area contributed by atoms with Crippen LogP contribution in [-0.4, -0.2) is 44.8 Å². The van der Waals surface area contributed by atoms with Crippen LogP contribution in [0.3, 0.4) is 0 Å². The van der Waals surface area contributed by atoms with Crippen LogP contribution in [0.2, 0.25) is 0 Å². The van der Waals surface area contributed by atoms with E-state index in [1.165, 1.54) is 24.0 Å². The molecule has 1 atom stereocenters. The van der Waals surface area contributed by atoms with Gasteiger partial charge in [-0.05, 0) is 75.1 Å². The number of aromatic nitrogens is 3. The van der Waals surface area contributed by atoms with Crippen molar-refractivity contribution < 1.29 is 9.53 Å². The lowest BCUT2D eigenvalue weighted by Gasteiger charge is -2.25. The van der Waals surface area contributed by atoms with Gasteiger partial charge in [-0.1, -0.05) is 6.07 Å². The second kappa shape index (κ2) is 8.33. The van der Waals surface area contributed by atoms with Crippen LogP contribution in [0.5, 0.6) is 5.75 Å². The predicted molar refractivity (Wildman–Crippen MR) is 107 cm³/mol. The Labute approximate surface area is 166 Å². The fourth-order valence-corrected chi connectivity index (χ4v) is 4.00. The number of ether oxygens (including phenoxy) is 1. The highest BCUT2D eigenvalue weighted by atomic mass is 16.5. The monoisotopic (exact) mass is 382 g/mol. The zero-order valence-corrected chi connectivity index (χ0v) is 16.9. The molecule has 2 fully saturated rings. The molecule has 1 aliphatic carbocycles.